The van der Waals surface area contributed by atoms with Crippen molar-refractivity contribution >= 4 is 34.8 Å². The molecule has 4 nitrogen and oxygen atoms in total. The molecule has 0 saturated carbocycles. The van der Waals surface area contributed by atoms with E-state index in [9.17, 15) is 5.11 Å². The van der Waals surface area contributed by atoms with Gasteiger partial charge in [-0.1, -0.05) is 23.2 Å². The maximum atomic E-state index is 9.37. The fourth-order valence-corrected chi connectivity index (χ4v) is 2.61. The fourth-order valence-electron chi connectivity index (χ4n) is 2.14. The minimum absolute atomic E-state index is 0.0642. The quantitative estimate of drug-likeness (QED) is 0.870. The molecule has 1 aromatic rings. The normalized spacial score (nSPS) is 20.6. The Hall–Kier alpha value is -0.710. The molecule has 0 radical (unpaired) electrons. The number of nitrogens with two attached hydrogens (primary N) is 1. The molecule has 2 heterocycles. The third-order valence-electron chi connectivity index (χ3n) is 3.05. The highest BCUT2D eigenvalue weighted by atomic mass is 35.5. The molecule has 1 atom stereocenters. The van der Waals surface area contributed by atoms with Gasteiger partial charge < -0.3 is 15.7 Å². The number of nitrogen functional groups attached to an aromatic ring is 1. The van der Waals surface area contributed by atoms with Crippen LogP contribution in [-0.2, 0) is 0 Å². The Morgan fingerprint density at radius 1 is 1.41 bits per heavy atom. The van der Waals surface area contributed by atoms with Crippen LogP contribution in [0.25, 0.3) is 0 Å². The molecule has 0 amide bonds. The number of anilines is 2. The summed E-state index contributed by atoms with van der Waals surface area (Å²) in [6, 6.07) is 1.67. The monoisotopic (exact) mass is 275 g/mol. The summed E-state index contributed by atoms with van der Waals surface area (Å²) in [6.45, 7) is 0.930. The molecule has 1 aromatic heterocycles. The van der Waals surface area contributed by atoms with E-state index in [-0.39, 0.29) is 18.5 Å². The smallest absolute Gasteiger partial charge is 0.150 e. The average molecular weight is 276 g/mol. The van der Waals surface area contributed by atoms with E-state index in [0.717, 1.165) is 25.8 Å². The van der Waals surface area contributed by atoms with Crippen molar-refractivity contribution in [2.75, 3.05) is 23.8 Å². The van der Waals surface area contributed by atoms with E-state index in [1.807, 2.05) is 4.90 Å². The first-order valence-corrected chi connectivity index (χ1v) is 6.38. The van der Waals surface area contributed by atoms with Crippen molar-refractivity contribution in [3.8, 4) is 0 Å². The largest absolute Gasteiger partial charge is 0.394 e. The van der Waals surface area contributed by atoms with Gasteiger partial charge in [-0.15, -0.1) is 0 Å². The lowest BCUT2D eigenvalue weighted by atomic mass is 10.0. The van der Waals surface area contributed by atoms with Crippen molar-refractivity contribution in [1.82, 2.24) is 4.98 Å². The Morgan fingerprint density at radius 2 is 2.18 bits per heavy atom. The molecule has 2 rings (SSSR count). The summed E-state index contributed by atoms with van der Waals surface area (Å²) in [4.78, 5) is 6.24. The predicted octanol–water partition coefficient (Wildman–Crippen LogP) is 2.32. The molecule has 0 aliphatic carbocycles. The van der Waals surface area contributed by atoms with E-state index in [4.69, 9.17) is 28.9 Å². The highest BCUT2D eigenvalue weighted by Gasteiger charge is 2.25. The first kappa shape index (κ1) is 12.7. The second kappa shape index (κ2) is 5.29. The van der Waals surface area contributed by atoms with Gasteiger partial charge in [-0.3, -0.25) is 0 Å². The molecular weight excluding hydrogens is 261 g/mol. The van der Waals surface area contributed by atoms with Crippen LogP contribution in [0, 0.1) is 0 Å². The number of halogens is 2. The van der Waals surface area contributed by atoms with E-state index < -0.39 is 0 Å². The highest BCUT2D eigenvalue weighted by molar-refractivity contribution is 6.37. The van der Waals surface area contributed by atoms with Gasteiger partial charge in [0.05, 0.1) is 22.7 Å². The molecule has 3 N–H and O–H groups in total. The van der Waals surface area contributed by atoms with Gasteiger partial charge in [0.1, 0.15) is 11.6 Å². The third-order valence-corrected chi connectivity index (χ3v) is 3.63. The molecule has 0 bridgehead atoms. The summed E-state index contributed by atoms with van der Waals surface area (Å²) in [5, 5.41) is 10.2. The Balaban J connectivity index is 2.34. The molecular formula is C11H15Cl2N3O. The predicted molar refractivity (Wildman–Crippen MR) is 70.7 cm³/mol. The minimum atomic E-state index is 0.0642. The Bertz CT molecular complexity index is 414. The van der Waals surface area contributed by atoms with Gasteiger partial charge >= 0.3 is 0 Å². The Labute approximate surface area is 110 Å². The number of aliphatic hydroxyl groups is 1. The van der Waals surface area contributed by atoms with Crippen LogP contribution in [0.3, 0.4) is 0 Å². The fraction of sp³-hybridized carbons (Fsp3) is 0.545. The van der Waals surface area contributed by atoms with Crippen LogP contribution < -0.4 is 10.6 Å². The van der Waals surface area contributed by atoms with E-state index in [0.29, 0.717) is 15.9 Å². The van der Waals surface area contributed by atoms with Crippen LogP contribution in [-0.4, -0.2) is 29.3 Å². The van der Waals surface area contributed by atoms with Gasteiger partial charge in [0, 0.05) is 6.54 Å². The number of rotatable bonds is 2. The van der Waals surface area contributed by atoms with Crippen molar-refractivity contribution in [1.29, 1.82) is 0 Å². The molecule has 1 aliphatic rings. The summed E-state index contributed by atoms with van der Waals surface area (Å²) in [6.07, 6.45) is 3.12. The van der Waals surface area contributed by atoms with E-state index in [1.54, 1.807) is 6.07 Å². The van der Waals surface area contributed by atoms with E-state index in [1.165, 1.54) is 0 Å². The number of aromatic nitrogens is 1. The second-order valence-electron chi connectivity index (χ2n) is 4.19. The van der Waals surface area contributed by atoms with Crippen molar-refractivity contribution in [3.63, 3.8) is 0 Å². The molecule has 1 fully saturated rings. The number of aliphatic hydroxyl groups excluding tert-OH is 1. The molecule has 1 aliphatic heterocycles. The van der Waals surface area contributed by atoms with Crippen LogP contribution >= 0.6 is 23.2 Å². The van der Waals surface area contributed by atoms with E-state index in [2.05, 4.69) is 4.98 Å². The lowest BCUT2D eigenvalue weighted by Gasteiger charge is -2.36. The van der Waals surface area contributed by atoms with Crippen LogP contribution in [0.1, 0.15) is 19.3 Å². The van der Waals surface area contributed by atoms with Gasteiger partial charge in [0.15, 0.2) is 0 Å². The number of nitrogens with zero attached hydrogens (tertiary/aromatic N) is 2. The van der Waals surface area contributed by atoms with Gasteiger partial charge in [-0.05, 0) is 25.3 Å². The van der Waals surface area contributed by atoms with Crippen molar-refractivity contribution < 1.29 is 5.11 Å². The number of hydrogen-bond donors (Lipinski definition) is 2. The molecule has 6 heteroatoms. The summed E-state index contributed by atoms with van der Waals surface area (Å²) in [5.74, 6) is 0.889. The van der Waals surface area contributed by atoms with Crippen LogP contribution in [0.15, 0.2) is 6.07 Å². The van der Waals surface area contributed by atoms with Crippen LogP contribution in [0.2, 0.25) is 10.0 Å². The maximum Gasteiger partial charge on any atom is 0.150 e. The topological polar surface area (TPSA) is 62.4 Å². The molecule has 0 aromatic carbocycles. The van der Waals surface area contributed by atoms with Crippen molar-refractivity contribution in [2.24, 2.45) is 0 Å². The van der Waals surface area contributed by atoms with Crippen LogP contribution in [0.5, 0.6) is 0 Å². The van der Waals surface area contributed by atoms with Crippen molar-refractivity contribution in [3.05, 3.63) is 16.1 Å². The lowest BCUT2D eigenvalue weighted by Crippen LogP contribution is -2.42. The van der Waals surface area contributed by atoms with Crippen LogP contribution in [0.4, 0.5) is 11.6 Å². The molecule has 1 unspecified atom stereocenters. The van der Waals surface area contributed by atoms with E-state index >= 15 is 0 Å². The van der Waals surface area contributed by atoms with Gasteiger partial charge in [0.2, 0.25) is 0 Å². The van der Waals surface area contributed by atoms with Gasteiger partial charge in [0.25, 0.3) is 0 Å². The zero-order valence-corrected chi connectivity index (χ0v) is 10.9. The summed E-state index contributed by atoms with van der Waals surface area (Å²) >= 11 is 12.0. The summed E-state index contributed by atoms with van der Waals surface area (Å²) in [5.41, 5.74) is 5.69. The maximum absolute atomic E-state index is 9.37. The molecule has 94 valence electrons. The zero-order valence-electron chi connectivity index (χ0n) is 9.37. The summed E-state index contributed by atoms with van der Waals surface area (Å²) in [7, 11) is 0. The number of pyridine rings is 1. The SMILES string of the molecule is Nc1nc(N2CCCCC2CO)c(Cl)cc1Cl. The molecule has 0 spiro atoms. The summed E-state index contributed by atoms with van der Waals surface area (Å²) < 4.78 is 0. The second-order valence-corrected chi connectivity index (χ2v) is 5.00. The minimum Gasteiger partial charge on any atom is -0.394 e. The average Bonchev–Trinajstić information content (AvgIpc) is 2.34. The molecule has 1 saturated heterocycles. The van der Waals surface area contributed by atoms with Gasteiger partial charge in [-0.2, -0.15) is 0 Å². The lowest BCUT2D eigenvalue weighted by molar-refractivity contribution is 0.239. The zero-order chi connectivity index (χ0) is 12.4. The van der Waals surface area contributed by atoms with Crippen molar-refractivity contribution in [2.45, 2.75) is 25.3 Å². The highest BCUT2D eigenvalue weighted by Crippen LogP contribution is 2.33. The first-order chi connectivity index (χ1) is 8.13. The number of piperidine rings is 1. The third kappa shape index (κ3) is 2.59. The Kier molecular flexibility index (Phi) is 3.97. The molecule has 17 heavy (non-hydrogen) atoms. The number of hydrogen-bond acceptors (Lipinski definition) is 4. The standard InChI is InChI=1S/C11H15Cl2N3O/c12-8-5-9(13)11(15-10(8)14)16-4-2-1-3-7(16)6-17/h5,7,17H,1-4,6H2,(H2,14,15). The van der Waals surface area contributed by atoms with Gasteiger partial charge in [-0.25, -0.2) is 4.98 Å². The Morgan fingerprint density at radius 3 is 2.88 bits per heavy atom. The first-order valence-electron chi connectivity index (χ1n) is 5.62.